The first-order valence-electron chi connectivity index (χ1n) is 5.60. The van der Waals surface area contributed by atoms with Crippen LogP contribution in [0, 0.1) is 0 Å². The summed E-state index contributed by atoms with van der Waals surface area (Å²) in [4.78, 5) is 11.6. The highest BCUT2D eigenvalue weighted by Crippen LogP contribution is 2.19. The largest absolute Gasteiger partial charge is 0.317 e. The van der Waals surface area contributed by atoms with Gasteiger partial charge in [-0.3, -0.25) is 14.9 Å². The number of piperidine rings is 1. The summed E-state index contributed by atoms with van der Waals surface area (Å²) in [6.07, 6.45) is 5.99. The Hall–Kier alpha value is -0.940. The van der Waals surface area contributed by atoms with Crippen LogP contribution in [0.1, 0.15) is 12.8 Å². The molecule has 16 heavy (non-hydrogen) atoms. The fraction of sp³-hybridized carbons (Fsp3) is 0.545. The zero-order valence-corrected chi connectivity index (χ0v) is 10.0. The van der Waals surface area contributed by atoms with Gasteiger partial charge >= 0.3 is 0 Å². The molecule has 0 bridgehead atoms. The van der Waals surface area contributed by atoms with Crippen molar-refractivity contribution in [3.63, 3.8) is 0 Å². The number of nitrogens with one attached hydrogen (secondary N) is 2. The van der Waals surface area contributed by atoms with Crippen molar-refractivity contribution in [2.45, 2.75) is 18.1 Å². The molecular formula is C11H17N3OS. The zero-order chi connectivity index (χ0) is 11.2. The van der Waals surface area contributed by atoms with E-state index in [9.17, 15) is 4.79 Å². The van der Waals surface area contributed by atoms with E-state index in [1.807, 2.05) is 24.5 Å². The van der Waals surface area contributed by atoms with Crippen LogP contribution in [0.2, 0.25) is 0 Å². The lowest BCUT2D eigenvalue weighted by Crippen LogP contribution is -2.30. The molecule has 0 aromatic carbocycles. The predicted molar refractivity (Wildman–Crippen MR) is 67.1 cm³/mol. The van der Waals surface area contributed by atoms with Gasteiger partial charge in [-0.25, -0.2) is 0 Å². The van der Waals surface area contributed by atoms with Crippen molar-refractivity contribution in [1.82, 2.24) is 9.99 Å². The van der Waals surface area contributed by atoms with Crippen molar-refractivity contribution >= 4 is 17.7 Å². The number of amides is 1. The first-order valence-corrected chi connectivity index (χ1v) is 6.64. The Kier molecular flexibility index (Phi) is 4.30. The topological polar surface area (TPSA) is 46.1 Å². The lowest BCUT2D eigenvalue weighted by molar-refractivity contribution is -0.114. The molecule has 2 N–H and O–H groups in total. The van der Waals surface area contributed by atoms with Crippen LogP contribution in [0.5, 0.6) is 0 Å². The maximum absolute atomic E-state index is 11.6. The molecule has 0 saturated carbocycles. The molecule has 0 aliphatic carbocycles. The predicted octanol–water partition coefficient (Wildman–Crippen LogP) is 1.04. The molecule has 4 nitrogen and oxygen atoms in total. The number of aromatic nitrogens is 1. The molecule has 0 unspecified atom stereocenters. The first-order chi connectivity index (χ1) is 7.84. The molecule has 0 radical (unpaired) electrons. The minimum absolute atomic E-state index is 0.0692. The fourth-order valence-corrected chi connectivity index (χ4v) is 2.76. The summed E-state index contributed by atoms with van der Waals surface area (Å²) >= 11 is 1.76. The Balaban J connectivity index is 1.67. The zero-order valence-electron chi connectivity index (χ0n) is 9.19. The van der Waals surface area contributed by atoms with Crippen LogP contribution in [0.15, 0.2) is 24.5 Å². The average molecular weight is 239 g/mol. The van der Waals surface area contributed by atoms with Gasteiger partial charge in [-0.05, 0) is 38.1 Å². The van der Waals surface area contributed by atoms with Gasteiger partial charge < -0.3 is 5.32 Å². The summed E-state index contributed by atoms with van der Waals surface area (Å²) in [5.41, 5.74) is 2.80. The standard InChI is InChI=1S/C11H17N3OS/c15-11(13-14-7-1-2-8-14)9-16-10-3-5-12-6-4-10/h1-2,7-8,10,12H,3-6,9H2,(H,13,15). The van der Waals surface area contributed by atoms with Crippen molar-refractivity contribution < 1.29 is 4.79 Å². The summed E-state index contributed by atoms with van der Waals surface area (Å²) < 4.78 is 1.69. The average Bonchev–Trinajstić information content (AvgIpc) is 2.81. The molecule has 5 heteroatoms. The number of hydrogen-bond donors (Lipinski definition) is 2. The van der Waals surface area contributed by atoms with Crippen LogP contribution in [0.3, 0.4) is 0 Å². The van der Waals surface area contributed by atoms with E-state index in [0.29, 0.717) is 11.0 Å². The molecule has 1 aliphatic heterocycles. The minimum Gasteiger partial charge on any atom is -0.317 e. The van der Waals surface area contributed by atoms with Gasteiger partial charge in [0.05, 0.1) is 5.75 Å². The van der Waals surface area contributed by atoms with E-state index in [1.165, 1.54) is 12.8 Å². The Morgan fingerprint density at radius 1 is 1.38 bits per heavy atom. The van der Waals surface area contributed by atoms with Crippen molar-refractivity contribution in [2.75, 3.05) is 24.3 Å². The van der Waals surface area contributed by atoms with E-state index in [1.54, 1.807) is 16.4 Å². The minimum atomic E-state index is 0.0692. The maximum Gasteiger partial charge on any atom is 0.248 e. The Labute approximate surface area is 99.8 Å². The van der Waals surface area contributed by atoms with Gasteiger partial charge in [0.1, 0.15) is 0 Å². The third-order valence-corrected chi connectivity index (χ3v) is 3.97. The number of carbonyl (C=O) groups is 1. The Morgan fingerprint density at radius 3 is 2.75 bits per heavy atom. The quantitative estimate of drug-likeness (QED) is 0.825. The summed E-state index contributed by atoms with van der Waals surface area (Å²) in [6.45, 7) is 2.16. The number of thioether (sulfide) groups is 1. The van der Waals surface area contributed by atoms with Gasteiger partial charge in [0.2, 0.25) is 5.91 Å². The van der Waals surface area contributed by atoms with Crippen LogP contribution >= 0.6 is 11.8 Å². The van der Waals surface area contributed by atoms with Gasteiger partial charge in [0, 0.05) is 17.6 Å². The smallest absolute Gasteiger partial charge is 0.248 e. The molecule has 0 atom stereocenters. The number of nitrogens with zero attached hydrogens (tertiary/aromatic N) is 1. The third kappa shape index (κ3) is 3.57. The number of rotatable bonds is 4. The highest BCUT2D eigenvalue weighted by atomic mass is 32.2. The summed E-state index contributed by atoms with van der Waals surface area (Å²) in [7, 11) is 0. The van der Waals surface area contributed by atoms with E-state index in [-0.39, 0.29) is 5.91 Å². The normalized spacial score (nSPS) is 17.2. The molecule has 1 aromatic heterocycles. The number of carbonyl (C=O) groups excluding carboxylic acids is 1. The molecule has 1 aromatic rings. The molecule has 88 valence electrons. The SMILES string of the molecule is O=C(CSC1CCNCC1)Nn1cccc1. The second-order valence-corrected chi connectivity index (χ2v) is 5.17. The summed E-state index contributed by atoms with van der Waals surface area (Å²) in [6, 6.07) is 3.78. The van der Waals surface area contributed by atoms with Gasteiger partial charge in [-0.1, -0.05) is 0 Å². The third-order valence-electron chi connectivity index (χ3n) is 2.59. The van der Waals surface area contributed by atoms with Gasteiger partial charge in [0.15, 0.2) is 0 Å². The molecule has 2 rings (SSSR count). The maximum atomic E-state index is 11.6. The fourth-order valence-electron chi connectivity index (χ4n) is 1.74. The molecule has 1 fully saturated rings. The van der Waals surface area contributed by atoms with E-state index in [0.717, 1.165) is 13.1 Å². The van der Waals surface area contributed by atoms with E-state index in [2.05, 4.69) is 10.7 Å². The lowest BCUT2D eigenvalue weighted by atomic mass is 10.2. The highest BCUT2D eigenvalue weighted by Gasteiger charge is 2.14. The molecule has 1 amide bonds. The Bertz CT molecular complexity index is 320. The number of hydrogen-bond acceptors (Lipinski definition) is 3. The van der Waals surface area contributed by atoms with Crippen LogP contribution < -0.4 is 10.7 Å². The van der Waals surface area contributed by atoms with Crippen molar-refractivity contribution in [1.29, 1.82) is 0 Å². The summed E-state index contributed by atoms with van der Waals surface area (Å²) in [5, 5.41) is 3.96. The van der Waals surface area contributed by atoms with Crippen molar-refractivity contribution in [2.24, 2.45) is 0 Å². The van der Waals surface area contributed by atoms with Crippen LogP contribution in [-0.4, -0.2) is 34.7 Å². The second kappa shape index (κ2) is 5.96. The molecular weight excluding hydrogens is 222 g/mol. The lowest BCUT2D eigenvalue weighted by Gasteiger charge is -2.21. The Morgan fingerprint density at radius 2 is 2.06 bits per heavy atom. The van der Waals surface area contributed by atoms with Gasteiger partial charge in [-0.15, -0.1) is 11.8 Å². The highest BCUT2D eigenvalue weighted by molar-refractivity contribution is 8.00. The van der Waals surface area contributed by atoms with Crippen LogP contribution in [-0.2, 0) is 4.79 Å². The molecule has 2 heterocycles. The van der Waals surface area contributed by atoms with Gasteiger partial charge in [-0.2, -0.15) is 0 Å². The van der Waals surface area contributed by atoms with E-state index >= 15 is 0 Å². The second-order valence-electron chi connectivity index (χ2n) is 3.89. The van der Waals surface area contributed by atoms with Gasteiger partial charge in [0.25, 0.3) is 0 Å². The molecule has 1 aliphatic rings. The monoisotopic (exact) mass is 239 g/mol. The van der Waals surface area contributed by atoms with E-state index < -0.39 is 0 Å². The van der Waals surface area contributed by atoms with E-state index in [4.69, 9.17) is 0 Å². The molecule has 0 spiro atoms. The van der Waals surface area contributed by atoms with Crippen molar-refractivity contribution in [3.05, 3.63) is 24.5 Å². The molecule has 1 saturated heterocycles. The van der Waals surface area contributed by atoms with Crippen molar-refractivity contribution in [3.8, 4) is 0 Å². The summed E-state index contributed by atoms with van der Waals surface area (Å²) in [5.74, 6) is 0.614. The van der Waals surface area contributed by atoms with Crippen LogP contribution in [0.4, 0.5) is 0 Å². The first kappa shape index (κ1) is 11.5. The van der Waals surface area contributed by atoms with Crippen LogP contribution in [0.25, 0.3) is 0 Å².